The number of carbonyl (C=O) groups excluding carboxylic acids is 2. The van der Waals surface area contributed by atoms with Crippen molar-refractivity contribution in [3.8, 4) is 0 Å². The summed E-state index contributed by atoms with van der Waals surface area (Å²) in [4.78, 5) is 37.7. The van der Waals surface area contributed by atoms with Crippen LogP contribution in [0.15, 0.2) is 12.2 Å². The molecule has 9 nitrogen and oxygen atoms in total. The van der Waals surface area contributed by atoms with Crippen LogP contribution in [0.5, 0.6) is 0 Å². The van der Waals surface area contributed by atoms with E-state index in [0.29, 0.717) is 51.4 Å². The molecule has 4 aliphatic carbocycles. The van der Waals surface area contributed by atoms with Crippen LogP contribution in [0.4, 0.5) is 0 Å². The lowest BCUT2D eigenvalue weighted by Gasteiger charge is -2.74. The minimum Gasteiger partial charge on any atom is -0.481 e. The number of carbonyl (C=O) groups is 3. The summed E-state index contributed by atoms with van der Waals surface area (Å²) >= 11 is 0. The largest absolute Gasteiger partial charge is 0.481 e. The van der Waals surface area contributed by atoms with Gasteiger partial charge in [0.2, 0.25) is 5.79 Å². The van der Waals surface area contributed by atoms with E-state index < -0.39 is 75.8 Å². The number of carboxylic acid groups (broad SMARTS) is 1. The lowest BCUT2D eigenvalue weighted by molar-refractivity contribution is -0.458. The minimum absolute atomic E-state index is 0.0314. The summed E-state index contributed by atoms with van der Waals surface area (Å²) in [5.41, 5.74) is -2.79. The van der Waals surface area contributed by atoms with E-state index in [2.05, 4.69) is 6.58 Å². The molecule has 2 aliphatic heterocycles. The van der Waals surface area contributed by atoms with Crippen LogP contribution in [0.25, 0.3) is 0 Å². The lowest BCUT2D eigenvalue weighted by Crippen LogP contribution is -2.85. The van der Waals surface area contributed by atoms with Gasteiger partial charge in [-0.2, -0.15) is 0 Å². The summed E-state index contributed by atoms with van der Waals surface area (Å²) in [6.45, 7) is 8.11. The van der Waals surface area contributed by atoms with Gasteiger partial charge in [-0.15, -0.1) is 0 Å². The first-order valence-corrected chi connectivity index (χ1v) is 13.7. The van der Waals surface area contributed by atoms with Gasteiger partial charge in [-0.25, -0.2) is 0 Å². The fourth-order valence-electron chi connectivity index (χ4n) is 9.14. The Morgan fingerprint density at radius 1 is 1.08 bits per heavy atom. The molecule has 206 valence electrons. The maximum absolute atomic E-state index is 14.0. The van der Waals surface area contributed by atoms with Crippen LogP contribution < -0.4 is 0 Å². The van der Waals surface area contributed by atoms with E-state index in [0.717, 1.165) is 0 Å². The van der Waals surface area contributed by atoms with Crippen molar-refractivity contribution in [3.63, 3.8) is 0 Å². The number of aliphatic hydroxyl groups excluding tert-OH is 2. The number of rotatable bonds is 8. The Labute approximate surface area is 217 Å². The zero-order chi connectivity index (χ0) is 27.0. The highest BCUT2D eigenvalue weighted by Crippen LogP contribution is 2.76. The first-order chi connectivity index (χ1) is 17.4. The van der Waals surface area contributed by atoms with Crippen molar-refractivity contribution in [1.29, 1.82) is 0 Å². The second kappa shape index (κ2) is 8.86. The summed E-state index contributed by atoms with van der Waals surface area (Å²) in [5, 5.41) is 44.1. The third-order valence-electron chi connectivity index (χ3n) is 10.6. The molecule has 9 atom stereocenters. The van der Waals surface area contributed by atoms with E-state index in [1.807, 2.05) is 13.8 Å². The van der Waals surface area contributed by atoms with Gasteiger partial charge >= 0.3 is 11.9 Å². The molecule has 6 aliphatic rings. The molecule has 0 aromatic heterocycles. The molecular weight excluding hydrogens is 480 g/mol. The topological polar surface area (TPSA) is 151 Å². The van der Waals surface area contributed by atoms with Crippen LogP contribution in [-0.2, 0) is 23.9 Å². The average Bonchev–Trinajstić information content (AvgIpc) is 2.94. The number of hydrogen-bond donors (Lipinski definition) is 4. The monoisotopic (exact) mass is 520 g/mol. The van der Waals surface area contributed by atoms with Gasteiger partial charge in [-0.3, -0.25) is 14.4 Å². The molecule has 2 spiro atoms. The lowest BCUT2D eigenvalue weighted by atomic mass is 9.35. The van der Waals surface area contributed by atoms with Crippen molar-refractivity contribution in [2.75, 3.05) is 6.61 Å². The summed E-state index contributed by atoms with van der Waals surface area (Å²) in [6, 6.07) is 0. The molecule has 0 aromatic carbocycles. The Morgan fingerprint density at radius 2 is 1.76 bits per heavy atom. The van der Waals surface area contributed by atoms with E-state index >= 15 is 0 Å². The normalized spacial score (nSPS) is 45.3. The SMILES string of the molecule is C=C1C(=O)[C@]23[C@H](OC(=O)CCCCCCC(=O)O)[C@H]1CC[C@H]2[C@@]12CO[C@]3(O)[C@@H](O)[C@@H]1C(C)(C)CC[C@@H]2O. The molecule has 2 heterocycles. The summed E-state index contributed by atoms with van der Waals surface area (Å²) in [6.07, 6.45) is 1.56. The second-order valence-electron chi connectivity index (χ2n) is 12.7. The fraction of sp³-hybridized carbons (Fsp3) is 0.821. The second-order valence-corrected chi connectivity index (χ2v) is 12.7. The summed E-state index contributed by atoms with van der Waals surface area (Å²) in [7, 11) is 0. The number of aliphatic carboxylic acids is 1. The van der Waals surface area contributed by atoms with Crippen LogP contribution in [0.3, 0.4) is 0 Å². The number of hydrogen-bond acceptors (Lipinski definition) is 8. The molecular formula is C28H40O9. The highest BCUT2D eigenvalue weighted by molar-refractivity contribution is 6.05. The standard InChI is InChI=1S/C28H40O9/c1-15-16-10-11-17-26-14-36-28(35,23(34)21(26)25(2,3)13-12-18(26)29)27(17,22(15)33)24(16)37-20(32)9-7-5-4-6-8-19(30)31/h16-18,21,23-24,29,34-35H,1,4-14H2,2-3H3,(H,30,31)/t16-,17-,18-,21+,23-,24+,26+,27-,28+/m0/s1. The van der Waals surface area contributed by atoms with Crippen molar-refractivity contribution < 1.29 is 44.3 Å². The number of fused-ring (bicyclic) bond motifs is 2. The van der Waals surface area contributed by atoms with Gasteiger partial charge in [0, 0.05) is 30.1 Å². The maximum atomic E-state index is 14.0. The van der Waals surface area contributed by atoms with Gasteiger partial charge in [0.15, 0.2) is 5.78 Å². The fourth-order valence-corrected chi connectivity index (χ4v) is 9.14. The van der Waals surface area contributed by atoms with Crippen molar-refractivity contribution in [2.24, 2.45) is 34.0 Å². The average molecular weight is 521 g/mol. The van der Waals surface area contributed by atoms with Gasteiger partial charge in [0.25, 0.3) is 0 Å². The molecule has 4 bridgehead atoms. The van der Waals surface area contributed by atoms with E-state index in [1.54, 1.807) is 0 Å². The van der Waals surface area contributed by atoms with Crippen molar-refractivity contribution in [1.82, 2.24) is 0 Å². The van der Waals surface area contributed by atoms with Crippen LogP contribution >= 0.6 is 0 Å². The first kappa shape index (κ1) is 26.8. The summed E-state index contributed by atoms with van der Waals surface area (Å²) in [5.74, 6) is -5.53. The van der Waals surface area contributed by atoms with Crippen LogP contribution in [0.1, 0.15) is 78.1 Å². The number of ketones is 1. The molecule has 4 N–H and O–H groups in total. The number of aliphatic hydroxyl groups is 3. The molecule has 0 aromatic rings. The third-order valence-corrected chi connectivity index (χ3v) is 10.6. The van der Waals surface area contributed by atoms with Crippen LogP contribution in [0.2, 0.25) is 0 Å². The van der Waals surface area contributed by atoms with Gasteiger partial charge in [0.1, 0.15) is 17.6 Å². The van der Waals surface area contributed by atoms with Crippen molar-refractivity contribution in [3.05, 3.63) is 12.2 Å². The molecule has 0 radical (unpaired) electrons. The molecule has 6 fully saturated rings. The highest BCUT2D eigenvalue weighted by atomic mass is 16.6. The zero-order valence-electron chi connectivity index (χ0n) is 21.8. The Balaban J connectivity index is 1.46. The molecule has 9 heteroatoms. The van der Waals surface area contributed by atoms with Crippen LogP contribution in [-0.4, -0.2) is 68.9 Å². The molecule has 2 saturated heterocycles. The smallest absolute Gasteiger partial charge is 0.306 e. The molecule has 0 amide bonds. The van der Waals surface area contributed by atoms with Gasteiger partial charge in [-0.1, -0.05) is 33.3 Å². The quantitative estimate of drug-likeness (QED) is 0.215. The predicted octanol–water partition coefficient (Wildman–Crippen LogP) is 2.35. The Morgan fingerprint density at radius 3 is 2.43 bits per heavy atom. The van der Waals surface area contributed by atoms with Crippen molar-refractivity contribution >= 4 is 17.7 Å². The summed E-state index contributed by atoms with van der Waals surface area (Å²) < 4.78 is 12.0. The van der Waals surface area contributed by atoms with Crippen molar-refractivity contribution in [2.45, 2.75) is 102 Å². The maximum Gasteiger partial charge on any atom is 0.306 e. The Hall–Kier alpha value is -1.81. The van der Waals surface area contributed by atoms with Crippen LogP contribution in [0, 0.1) is 34.0 Å². The van der Waals surface area contributed by atoms with E-state index in [4.69, 9.17) is 14.6 Å². The van der Waals surface area contributed by atoms with E-state index in [9.17, 15) is 29.7 Å². The number of ether oxygens (including phenoxy) is 2. The highest BCUT2D eigenvalue weighted by Gasteiger charge is 2.87. The zero-order valence-corrected chi connectivity index (χ0v) is 21.8. The number of esters is 1. The molecule has 37 heavy (non-hydrogen) atoms. The van der Waals surface area contributed by atoms with Gasteiger partial charge < -0.3 is 29.9 Å². The third kappa shape index (κ3) is 3.39. The first-order valence-electron chi connectivity index (χ1n) is 13.7. The number of unbranched alkanes of at least 4 members (excludes halogenated alkanes) is 3. The number of Topliss-reactive ketones (excluding diaryl/α,β-unsaturated/α-hetero) is 1. The molecule has 4 saturated carbocycles. The van der Waals surface area contributed by atoms with E-state index in [1.165, 1.54) is 0 Å². The van der Waals surface area contributed by atoms with E-state index in [-0.39, 0.29) is 25.0 Å². The Bertz CT molecular complexity index is 1010. The molecule has 6 rings (SSSR count). The van der Waals surface area contributed by atoms with Gasteiger partial charge in [0.05, 0.1) is 12.7 Å². The Kier molecular flexibility index (Phi) is 6.42. The predicted molar refractivity (Wildman–Crippen MR) is 130 cm³/mol. The van der Waals surface area contributed by atoms with Gasteiger partial charge in [-0.05, 0) is 55.4 Å². The minimum atomic E-state index is -2.25. The number of carboxylic acids is 1. The molecule has 0 unspecified atom stereocenters.